The van der Waals surface area contributed by atoms with Crippen LogP contribution in [0.25, 0.3) is 5.69 Å². The van der Waals surface area contributed by atoms with Gasteiger partial charge in [0, 0.05) is 23.5 Å². The molecule has 0 fully saturated rings. The number of benzene rings is 3. The van der Waals surface area contributed by atoms with Gasteiger partial charge in [-0.25, -0.2) is 4.68 Å². The number of amides is 2. The molecule has 164 valence electrons. The lowest BCUT2D eigenvalue weighted by atomic mass is 10.1. The number of aryl methyl sites for hydroxylation is 1. The SMILES string of the molecule is Cc1ccc(-n2nnc(C(=O)Nc3ccc(C(=O)N4CCc5ccccc54)cc3)c2C)cc1. The molecule has 1 aliphatic heterocycles. The fourth-order valence-electron chi connectivity index (χ4n) is 4.06. The van der Waals surface area contributed by atoms with Crippen molar-refractivity contribution >= 4 is 23.2 Å². The summed E-state index contributed by atoms with van der Waals surface area (Å²) in [5.74, 6) is -0.395. The maximum atomic E-state index is 13.0. The molecular weight excluding hydrogens is 414 g/mol. The van der Waals surface area contributed by atoms with Gasteiger partial charge in [-0.05, 0) is 68.3 Å². The quantitative estimate of drug-likeness (QED) is 0.515. The number of fused-ring (bicyclic) bond motifs is 1. The predicted octanol–water partition coefficient (Wildman–Crippen LogP) is 4.34. The Morgan fingerprint density at radius 2 is 1.64 bits per heavy atom. The van der Waals surface area contributed by atoms with Crippen LogP contribution in [-0.2, 0) is 6.42 Å². The van der Waals surface area contributed by atoms with Crippen LogP contribution in [0.3, 0.4) is 0 Å². The zero-order valence-corrected chi connectivity index (χ0v) is 18.4. The average molecular weight is 438 g/mol. The van der Waals surface area contributed by atoms with E-state index in [0.29, 0.717) is 23.5 Å². The average Bonchev–Trinajstić information content (AvgIpc) is 3.43. The van der Waals surface area contributed by atoms with Gasteiger partial charge in [-0.15, -0.1) is 5.10 Å². The van der Waals surface area contributed by atoms with Gasteiger partial charge in [-0.2, -0.15) is 0 Å². The maximum absolute atomic E-state index is 13.0. The molecule has 0 unspecified atom stereocenters. The van der Waals surface area contributed by atoms with Gasteiger partial charge in [0.25, 0.3) is 11.8 Å². The fourth-order valence-corrected chi connectivity index (χ4v) is 4.06. The van der Waals surface area contributed by atoms with Crippen molar-refractivity contribution in [3.63, 3.8) is 0 Å². The van der Waals surface area contributed by atoms with Crippen LogP contribution in [0.1, 0.15) is 37.7 Å². The highest BCUT2D eigenvalue weighted by molar-refractivity contribution is 6.08. The second kappa shape index (κ2) is 8.35. The first-order valence-corrected chi connectivity index (χ1v) is 10.8. The second-order valence-corrected chi connectivity index (χ2v) is 8.14. The van der Waals surface area contributed by atoms with Crippen LogP contribution in [0.5, 0.6) is 0 Å². The third-order valence-corrected chi connectivity index (χ3v) is 5.91. The number of hydrogen-bond acceptors (Lipinski definition) is 4. The van der Waals surface area contributed by atoms with Gasteiger partial charge in [-0.1, -0.05) is 41.1 Å². The number of anilines is 2. The van der Waals surface area contributed by atoms with E-state index in [0.717, 1.165) is 23.4 Å². The molecule has 0 atom stereocenters. The van der Waals surface area contributed by atoms with Crippen molar-refractivity contribution in [2.45, 2.75) is 20.3 Å². The van der Waals surface area contributed by atoms with E-state index >= 15 is 0 Å². The van der Waals surface area contributed by atoms with E-state index in [2.05, 4.69) is 21.7 Å². The summed E-state index contributed by atoms with van der Waals surface area (Å²) in [5.41, 5.74) is 6.20. The molecule has 1 N–H and O–H groups in total. The summed E-state index contributed by atoms with van der Waals surface area (Å²) in [6.45, 7) is 4.50. The smallest absolute Gasteiger partial charge is 0.278 e. The molecule has 7 heteroatoms. The predicted molar refractivity (Wildman–Crippen MR) is 127 cm³/mol. The molecule has 0 bridgehead atoms. The largest absolute Gasteiger partial charge is 0.321 e. The van der Waals surface area contributed by atoms with Crippen molar-refractivity contribution in [3.05, 3.63) is 101 Å². The Bertz CT molecular complexity index is 1340. The summed E-state index contributed by atoms with van der Waals surface area (Å²) >= 11 is 0. The lowest BCUT2D eigenvalue weighted by Gasteiger charge is -2.17. The van der Waals surface area contributed by atoms with Gasteiger partial charge in [0.05, 0.1) is 11.4 Å². The molecule has 1 aliphatic rings. The molecule has 5 rings (SSSR count). The molecule has 0 spiro atoms. The first kappa shape index (κ1) is 20.6. The van der Waals surface area contributed by atoms with Gasteiger partial charge in [0.15, 0.2) is 5.69 Å². The van der Waals surface area contributed by atoms with Crippen LogP contribution < -0.4 is 10.2 Å². The highest BCUT2D eigenvalue weighted by Gasteiger charge is 2.25. The number of rotatable bonds is 4. The summed E-state index contributed by atoms with van der Waals surface area (Å²) in [6, 6.07) is 22.7. The Kier molecular flexibility index (Phi) is 5.22. The van der Waals surface area contributed by atoms with E-state index in [-0.39, 0.29) is 17.5 Å². The van der Waals surface area contributed by atoms with Crippen molar-refractivity contribution in [3.8, 4) is 5.69 Å². The molecular formula is C26H23N5O2. The third-order valence-electron chi connectivity index (χ3n) is 5.91. The number of hydrogen-bond donors (Lipinski definition) is 1. The zero-order valence-electron chi connectivity index (χ0n) is 18.4. The molecule has 0 aliphatic carbocycles. The normalized spacial score (nSPS) is 12.5. The molecule has 3 aromatic carbocycles. The topological polar surface area (TPSA) is 80.1 Å². The highest BCUT2D eigenvalue weighted by atomic mass is 16.2. The number of nitrogens with zero attached hydrogens (tertiary/aromatic N) is 4. The Morgan fingerprint density at radius 1 is 0.909 bits per heavy atom. The number of carbonyl (C=O) groups is 2. The Morgan fingerprint density at radius 3 is 2.39 bits per heavy atom. The summed E-state index contributed by atoms with van der Waals surface area (Å²) in [7, 11) is 0. The molecule has 4 aromatic rings. The molecule has 0 radical (unpaired) electrons. The summed E-state index contributed by atoms with van der Waals surface area (Å²) in [6.07, 6.45) is 0.860. The lowest BCUT2D eigenvalue weighted by molar-refractivity contribution is 0.0988. The van der Waals surface area contributed by atoms with Gasteiger partial charge in [-0.3, -0.25) is 9.59 Å². The molecule has 33 heavy (non-hydrogen) atoms. The Hall–Kier alpha value is -4.26. The summed E-state index contributed by atoms with van der Waals surface area (Å²) in [4.78, 5) is 27.6. The van der Waals surface area contributed by atoms with Gasteiger partial charge < -0.3 is 10.2 Å². The van der Waals surface area contributed by atoms with Crippen molar-refractivity contribution in [1.82, 2.24) is 15.0 Å². The van der Waals surface area contributed by atoms with Crippen molar-refractivity contribution in [2.75, 3.05) is 16.8 Å². The van der Waals surface area contributed by atoms with E-state index < -0.39 is 0 Å². The van der Waals surface area contributed by atoms with E-state index in [1.54, 1.807) is 33.8 Å². The Labute approximate surface area is 191 Å². The van der Waals surface area contributed by atoms with Crippen LogP contribution in [0.4, 0.5) is 11.4 Å². The zero-order chi connectivity index (χ0) is 22.9. The highest BCUT2D eigenvalue weighted by Crippen LogP contribution is 2.29. The van der Waals surface area contributed by atoms with Crippen LogP contribution in [0, 0.1) is 13.8 Å². The van der Waals surface area contributed by atoms with Crippen LogP contribution >= 0.6 is 0 Å². The van der Waals surface area contributed by atoms with Gasteiger partial charge in [0.1, 0.15) is 0 Å². The van der Waals surface area contributed by atoms with E-state index in [1.807, 2.05) is 56.3 Å². The minimum Gasteiger partial charge on any atom is -0.321 e. The molecule has 0 saturated carbocycles. The summed E-state index contributed by atoms with van der Waals surface area (Å²) in [5, 5.41) is 11.0. The van der Waals surface area contributed by atoms with E-state index in [9.17, 15) is 9.59 Å². The molecule has 7 nitrogen and oxygen atoms in total. The second-order valence-electron chi connectivity index (χ2n) is 8.14. The summed E-state index contributed by atoms with van der Waals surface area (Å²) < 4.78 is 1.64. The molecule has 1 aromatic heterocycles. The lowest BCUT2D eigenvalue weighted by Crippen LogP contribution is -2.28. The first-order chi connectivity index (χ1) is 16.0. The number of para-hydroxylation sites is 1. The van der Waals surface area contributed by atoms with Gasteiger partial charge in [0.2, 0.25) is 0 Å². The molecule has 2 heterocycles. The van der Waals surface area contributed by atoms with Gasteiger partial charge >= 0.3 is 0 Å². The molecule has 2 amide bonds. The van der Waals surface area contributed by atoms with E-state index in [4.69, 9.17) is 0 Å². The standard InChI is InChI=1S/C26H23N5O2/c1-17-7-13-22(14-8-17)31-18(2)24(28-29-31)25(32)27-21-11-9-20(10-12-21)26(33)30-16-15-19-5-3-4-6-23(19)30/h3-14H,15-16H2,1-2H3,(H,27,32). The van der Waals surface area contributed by atoms with E-state index in [1.165, 1.54) is 5.56 Å². The monoisotopic (exact) mass is 437 g/mol. The van der Waals surface area contributed by atoms with Crippen molar-refractivity contribution in [2.24, 2.45) is 0 Å². The van der Waals surface area contributed by atoms with Crippen LogP contribution in [0.2, 0.25) is 0 Å². The minimum atomic E-state index is -0.349. The Balaban J connectivity index is 1.30. The van der Waals surface area contributed by atoms with Crippen LogP contribution in [0.15, 0.2) is 72.8 Å². The minimum absolute atomic E-state index is 0.0466. The first-order valence-electron chi connectivity index (χ1n) is 10.8. The number of nitrogens with one attached hydrogen (secondary N) is 1. The van der Waals surface area contributed by atoms with Crippen molar-refractivity contribution in [1.29, 1.82) is 0 Å². The third kappa shape index (κ3) is 3.89. The van der Waals surface area contributed by atoms with Crippen molar-refractivity contribution < 1.29 is 9.59 Å². The maximum Gasteiger partial charge on any atom is 0.278 e. The van der Waals surface area contributed by atoms with Crippen LogP contribution in [-0.4, -0.2) is 33.4 Å². The fraction of sp³-hybridized carbons (Fsp3) is 0.154. The molecule has 0 saturated heterocycles. The number of aromatic nitrogens is 3. The number of carbonyl (C=O) groups excluding carboxylic acids is 2.